The van der Waals surface area contributed by atoms with Crippen molar-refractivity contribution in [3.8, 4) is 5.75 Å². The minimum atomic E-state index is 0.182. The summed E-state index contributed by atoms with van der Waals surface area (Å²) in [6, 6.07) is 8.45. The second kappa shape index (κ2) is 5.16. The highest BCUT2D eigenvalue weighted by Gasteiger charge is 2.30. The molecular weight excluding hydrogens is 234 g/mol. The first-order chi connectivity index (χ1) is 8.77. The smallest absolute Gasteiger partial charge is 0.122 e. The molecule has 1 aliphatic rings. The molecule has 0 radical (unpaired) electrons. The lowest BCUT2D eigenvalue weighted by atomic mass is 9.80. The van der Waals surface area contributed by atoms with E-state index in [4.69, 9.17) is 4.74 Å². The van der Waals surface area contributed by atoms with Crippen LogP contribution in [0.3, 0.4) is 0 Å². The van der Waals surface area contributed by atoms with Gasteiger partial charge in [-0.2, -0.15) is 0 Å². The summed E-state index contributed by atoms with van der Waals surface area (Å²) in [4.78, 5) is 0. The van der Waals surface area contributed by atoms with Crippen molar-refractivity contribution in [3.63, 3.8) is 0 Å². The second-order valence-electron chi connectivity index (χ2n) is 7.52. The van der Waals surface area contributed by atoms with Gasteiger partial charge in [-0.05, 0) is 38.7 Å². The molecule has 0 bridgehead atoms. The number of hydrogen-bond acceptors (Lipinski definition) is 2. The Kier molecular flexibility index (Phi) is 3.91. The van der Waals surface area contributed by atoms with Crippen molar-refractivity contribution < 1.29 is 4.74 Å². The predicted molar refractivity (Wildman–Crippen MR) is 80.8 cm³/mol. The standard InChI is InChI=1S/C17H27NO/c1-16(2,3)18-12-17(4,5)10-13-11-19-15-9-7-6-8-14(13)15/h6-9,13,18H,10-12H2,1-5H3. The predicted octanol–water partition coefficient (Wildman–Crippen LogP) is 3.97. The van der Waals surface area contributed by atoms with E-state index in [-0.39, 0.29) is 11.0 Å². The molecule has 0 fully saturated rings. The average molecular weight is 261 g/mol. The molecule has 2 rings (SSSR count). The fourth-order valence-corrected chi connectivity index (χ4v) is 2.64. The molecule has 0 spiro atoms. The highest BCUT2D eigenvalue weighted by molar-refractivity contribution is 5.39. The number of rotatable bonds is 4. The molecule has 1 heterocycles. The molecule has 2 heteroatoms. The molecule has 1 aromatic carbocycles. The van der Waals surface area contributed by atoms with E-state index in [0.29, 0.717) is 5.92 Å². The van der Waals surface area contributed by atoms with Gasteiger partial charge in [-0.3, -0.25) is 0 Å². The van der Waals surface area contributed by atoms with E-state index < -0.39 is 0 Å². The first-order valence-electron chi connectivity index (χ1n) is 7.24. The van der Waals surface area contributed by atoms with Gasteiger partial charge in [0.05, 0.1) is 6.61 Å². The number of hydrogen-bond donors (Lipinski definition) is 1. The average Bonchev–Trinajstić information content (AvgIpc) is 2.69. The van der Waals surface area contributed by atoms with E-state index in [1.807, 2.05) is 6.07 Å². The van der Waals surface area contributed by atoms with E-state index in [1.54, 1.807) is 0 Å². The summed E-state index contributed by atoms with van der Waals surface area (Å²) in [5, 5.41) is 3.62. The number of nitrogens with one attached hydrogen (secondary N) is 1. The maximum atomic E-state index is 5.78. The zero-order valence-corrected chi connectivity index (χ0v) is 12.9. The summed E-state index contributed by atoms with van der Waals surface area (Å²) < 4.78 is 5.78. The van der Waals surface area contributed by atoms with Crippen molar-refractivity contribution in [2.45, 2.75) is 52.5 Å². The fraction of sp³-hybridized carbons (Fsp3) is 0.647. The summed E-state index contributed by atoms with van der Waals surface area (Å²) >= 11 is 0. The molecule has 1 aromatic rings. The third kappa shape index (κ3) is 3.97. The lowest BCUT2D eigenvalue weighted by Crippen LogP contribution is -2.42. The fourth-order valence-electron chi connectivity index (χ4n) is 2.64. The van der Waals surface area contributed by atoms with Crippen molar-refractivity contribution in [2.75, 3.05) is 13.2 Å². The normalized spacial score (nSPS) is 19.1. The first-order valence-corrected chi connectivity index (χ1v) is 7.24. The lowest BCUT2D eigenvalue weighted by Gasteiger charge is -2.32. The highest BCUT2D eigenvalue weighted by atomic mass is 16.5. The van der Waals surface area contributed by atoms with Gasteiger partial charge >= 0.3 is 0 Å². The molecule has 106 valence electrons. The Hall–Kier alpha value is -1.02. The second-order valence-corrected chi connectivity index (χ2v) is 7.52. The van der Waals surface area contributed by atoms with Gasteiger partial charge in [0.2, 0.25) is 0 Å². The molecule has 0 saturated carbocycles. The van der Waals surface area contributed by atoms with Crippen LogP contribution in [0.5, 0.6) is 5.75 Å². The Morgan fingerprint density at radius 2 is 1.84 bits per heavy atom. The molecule has 1 unspecified atom stereocenters. The van der Waals surface area contributed by atoms with Gasteiger partial charge in [0, 0.05) is 23.6 Å². The van der Waals surface area contributed by atoms with Gasteiger partial charge in [-0.25, -0.2) is 0 Å². The Balaban J connectivity index is 1.98. The molecule has 2 nitrogen and oxygen atoms in total. The minimum absolute atomic E-state index is 0.182. The first kappa shape index (κ1) is 14.4. The van der Waals surface area contributed by atoms with Crippen LogP contribution in [-0.2, 0) is 0 Å². The monoisotopic (exact) mass is 261 g/mol. The Labute approximate surface area is 117 Å². The molecule has 1 atom stereocenters. The number of ether oxygens (including phenoxy) is 1. The third-order valence-electron chi connectivity index (χ3n) is 3.70. The maximum Gasteiger partial charge on any atom is 0.122 e. The zero-order valence-electron chi connectivity index (χ0n) is 12.9. The minimum Gasteiger partial charge on any atom is -0.493 e. The topological polar surface area (TPSA) is 21.3 Å². The van der Waals surface area contributed by atoms with E-state index >= 15 is 0 Å². The van der Waals surface area contributed by atoms with Crippen molar-refractivity contribution >= 4 is 0 Å². The van der Waals surface area contributed by atoms with Crippen molar-refractivity contribution in [1.29, 1.82) is 0 Å². The maximum absolute atomic E-state index is 5.78. The Bertz CT molecular complexity index is 431. The number of fused-ring (bicyclic) bond motifs is 1. The van der Waals surface area contributed by atoms with Crippen molar-refractivity contribution in [3.05, 3.63) is 29.8 Å². The molecular formula is C17H27NO. The van der Waals surface area contributed by atoms with Crippen LogP contribution in [0.1, 0.15) is 52.5 Å². The van der Waals surface area contributed by atoms with Gasteiger partial charge < -0.3 is 10.1 Å². The molecule has 0 aliphatic carbocycles. The van der Waals surface area contributed by atoms with Crippen LogP contribution in [-0.4, -0.2) is 18.7 Å². The molecule has 0 saturated heterocycles. The largest absolute Gasteiger partial charge is 0.493 e. The van der Waals surface area contributed by atoms with E-state index in [0.717, 1.165) is 25.3 Å². The summed E-state index contributed by atoms with van der Waals surface area (Å²) in [6.45, 7) is 13.2. The van der Waals surface area contributed by atoms with Crippen molar-refractivity contribution in [1.82, 2.24) is 5.32 Å². The van der Waals surface area contributed by atoms with E-state index in [1.165, 1.54) is 5.56 Å². The van der Waals surface area contributed by atoms with Gasteiger partial charge in [-0.15, -0.1) is 0 Å². The van der Waals surface area contributed by atoms with Gasteiger partial charge in [0.15, 0.2) is 0 Å². The molecule has 0 amide bonds. The molecule has 1 aliphatic heterocycles. The SMILES string of the molecule is CC(C)(CNC(C)(C)C)CC1COc2ccccc21. The third-order valence-corrected chi connectivity index (χ3v) is 3.70. The summed E-state index contributed by atoms with van der Waals surface area (Å²) in [5.41, 5.74) is 1.84. The van der Waals surface area contributed by atoms with Gasteiger partial charge in [-0.1, -0.05) is 32.0 Å². The van der Waals surface area contributed by atoms with Crippen LogP contribution >= 0.6 is 0 Å². The van der Waals surface area contributed by atoms with Crippen LogP contribution in [0.15, 0.2) is 24.3 Å². The van der Waals surface area contributed by atoms with E-state index in [2.05, 4.69) is 58.1 Å². The van der Waals surface area contributed by atoms with Crippen LogP contribution < -0.4 is 10.1 Å². The summed E-state index contributed by atoms with van der Waals surface area (Å²) in [6.07, 6.45) is 1.16. The van der Waals surface area contributed by atoms with Crippen LogP contribution in [0.25, 0.3) is 0 Å². The zero-order chi connectivity index (χ0) is 14.1. The number of benzene rings is 1. The van der Waals surface area contributed by atoms with Crippen LogP contribution in [0.4, 0.5) is 0 Å². The summed E-state index contributed by atoms with van der Waals surface area (Å²) in [5.74, 6) is 1.61. The number of para-hydroxylation sites is 1. The van der Waals surface area contributed by atoms with Crippen LogP contribution in [0, 0.1) is 5.41 Å². The van der Waals surface area contributed by atoms with Crippen molar-refractivity contribution in [2.24, 2.45) is 5.41 Å². The van der Waals surface area contributed by atoms with E-state index in [9.17, 15) is 0 Å². The lowest BCUT2D eigenvalue weighted by molar-refractivity contribution is 0.233. The molecule has 19 heavy (non-hydrogen) atoms. The van der Waals surface area contributed by atoms with Crippen LogP contribution in [0.2, 0.25) is 0 Å². The summed E-state index contributed by atoms with van der Waals surface area (Å²) in [7, 11) is 0. The highest BCUT2D eigenvalue weighted by Crippen LogP contribution is 2.40. The molecule has 0 aromatic heterocycles. The quantitative estimate of drug-likeness (QED) is 0.885. The van der Waals surface area contributed by atoms with Gasteiger partial charge in [0.25, 0.3) is 0 Å². The Morgan fingerprint density at radius 1 is 1.16 bits per heavy atom. The van der Waals surface area contributed by atoms with Gasteiger partial charge in [0.1, 0.15) is 5.75 Å². The Morgan fingerprint density at radius 3 is 2.53 bits per heavy atom. The molecule has 1 N–H and O–H groups in total.